The molecule has 0 aliphatic rings. The van der Waals surface area contributed by atoms with Crippen LogP contribution in [0.4, 0.5) is 5.69 Å². The average Bonchev–Trinajstić information content (AvgIpc) is 2.60. The molecule has 2 aromatic carbocycles. The molecule has 0 heterocycles. The number of rotatable bonds is 6. The van der Waals surface area contributed by atoms with Gasteiger partial charge in [-0.05, 0) is 49.7 Å². The van der Waals surface area contributed by atoms with Gasteiger partial charge in [0.2, 0.25) is 0 Å². The van der Waals surface area contributed by atoms with Gasteiger partial charge < -0.3 is 9.64 Å². The maximum absolute atomic E-state index is 12.6. The lowest BCUT2D eigenvalue weighted by molar-refractivity contribution is -0.137. The van der Waals surface area contributed by atoms with Crippen molar-refractivity contribution in [3.8, 4) is 0 Å². The van der Waals surface area contributed by atoms with Gasteiger partial charge in [0, 0.05) is 19.8 Å². The summed E-state index contributed by atoms with van der Waals surface area (Å²) in [7, 11) is -0.772. The van der Waals surface area contributed by atoms with E-state index < -0.39 is 22.1 Å². The lowest BCUT2D eigenvalue weighted by atomic mass is 10.2. The first-order valence-electron chi connectivity index (χ1n) is 8.22. The lowest BCUT2D eigenvalue weighted by Gasteiger charge is -2.17. The van der Waals surface area contributed by atoms with Crippen LogP contribution >= 0.6 is 0 Å². The van der Waals surface area contributed by atoms with E-state index in [1.165, 1.54) is 36.1 Å². The molecule has 0 unspecified atom stereocenters. The van der Waals surface area contributed by atoms with Gasteiger partial charge in [-0.25, -0.2) is 13.2 Å². The molecule has 0 aliphatic carbocycles. The van der Waals surface area contributed by atoms with Crippen LogP contribution in [0.2, 0.25) is 0 Å². The summed E-state index contributed by atoms with van der Waals surface area (Å²) < 4.78 is 32.8. The van der Waals surface area contributed by atoms with Crippen LogP contribution in [0.15, 0.2) is 53.4 Å². The molecule has 0 radical (unpaired) electrons. The predicted octanol–water partition coefficient (Wildman–Crippen LogP) is 2.43. The Hall–Kier alpha value is -2.87. The largest absolute Gasteiger partial charge is 0.449 e. The summed E-state index contributed by atoms with van der Waals surface area (Å²) in [6, 6.07) is 12.4. The number of esters is 1. The van der Waals surface area contributed by atoms with Crippen LogP contribution in [0.5, 0.6) is 0 Å². The van der Waals surface area contributed by atoms with Crippen molar-refractivity contribution in [3.05, 3.63) is 59.7 Å². The van der Waals surface area contributed by atoms with E-state index in [-0.39, 0.29) is 16.4 Å². The Morgan fingerprint density at radius 3 is 2.37 bits per heavy atom. The predicted molar refractivity (Wildman–Crippen MR) is 102 cm³/mol. The molecule has 27 heavy (non-hydrogen) atoms. The Morgan fingerprint density at radius 1 is 1.07 bits per heavy atom. The van der Waals surface area contributed by atoms with Gasteiger partial charge in [-0.3, -0.25) is 9.52 Å². The number of amides is 1. The van der Waals surface area contributed by atoms with Gasteiger partial charge in [0.1, 0.15) is 0 Å². The van der Waals surface area contributed by atoms with Crippen molar-refractivity contribution >= 4 is 27.6 Å². The molecule has 0 aromatic heterocycles. The van der Waals surface area contributed by atoms with E-state index in [9.17, 15) is 18.0 Å². The number of nitrogens with zero attached hydrogens (tertiary/aromatic N) is 1. The Morgan fingerprint density at radius 2 is 1.74 bits per heavy atom. The van der Waals surface area contributed by atoms with Crippen molar-refractivity contribution in [2.45, 2.75) is 24.8 Å². The minimum Gasteiger partial charge on any atom is -0.449 e. The van der Waals surface area contributed by atoms with E-state index in [1.807, 2.05) is 13.0 Å². The van der Waals surface area contributed by atoms with Crippen LogP contribution in [-0.4, -0.2) is 45.4 Å². The highest BCUT2D eigenvalue weighted by Gasteiger charge is 2.22. The SMILES string of the molecule is Cc1cccc(NS(=O)(=O)c2cccc(C(=O)O[C@H](C)C(=O)N(C)C)c2)c1. The summed E-state index contributed by atoms with van der Waals surface area (Å²) in [5, 5.41) is 0. The monoisotopic (exact) mass is 390 g/mol. The fourth-order valence-corrected chi connectivity index (χ4v) is 3.45. The number of ether oxygens (including phenoxy) is 1. The Labute approximate surface area is 159 Å². The third kappa shape index (κ3) is 5.30. The van der Waals surface area contributed by atoms with Gasteiger partial charge in [0.15, 0.2) is 6.10 Å². The van der Waals surface area contributed by atoms with E-state index in [2.05, 4.69) is 4.72 Å². The molecular formula is C19H22N2O5S. The molecule has 2 rings (SSSR count). The Kier molecular flexibility index (Phi) is 6.22. The molecule has 1 amide bonds. The van der Waals surface area contributed by atoms with Gasteiger partial charge in [-0.1, -0.05) is 18.2 Å². The standard InChI is InChI=1S/C19H22N2O5S/c1-13-7-5-9-16(11-13)20-27(24,25)17-10-6-8-15(12-17)19(23)26-14(2)18(22)21(3)4/h5-12,14,20H,1-4H3/t14-/m1/s1. The lowest BCUT2D eigenvalue weighted by Crippen LogP contribution is -2.34. The zero-order valence-corrected chi connectivity index (χ0v) is 16.4. The fraction of sp³-hybridized carbons (Fsp3) is 0.263. The molecule has 0 bridgehead atoms. The molecular weight excluding hydrogens is 368 g/mol. The van der Waals surface area contributed by atoms with Gasteiger partial charge in [-0.15, -0.1) is 0 Å². The Balaban J connectivity index is 2.21. The zero-order chi connectivity index (χ0) is 20.2. The second kappa shape index (κ2) is 8.22. The zero-order valence-electron chi connectivity index (χ0n) is 15.6. The van der Waals surface area contributed by atoms with Crippen LogP contribution < -0.4 is 4.72 Å². The van der Waals surface area contributed by atoms with Crippen LogP contribution in [0.3, 0.4) is 0 Å². The Bertz CT molecular complexity index is 954. The minimum absolute atomic E-state index is 0.0422. The smallest absolute Gasteiger partial charge is 0.338 e. The molecule has 1 atom stereocenters. The molecule has 1 N–H and O–H groups in total. The normalized spacial score (nSPS) is 12.1. The first-order valence-corrected chi connectivity index (χ1v) is 9.70. The maximum atomic E-state index is 12.6. The van der Waals surface area contributed by atoms with Crippen LogP contribution in [0.25, 0.3) is 0 Å². The van der Waals surface area contributed by atoms with E-state index in [0.717, 1.165) is 5.56 Å². The van der Waals surface area contributed by atoms with E-state index in [4.69, 9.17) is 4.74 Å². The average molecular weight is 390 g/mol. The number of hydrogen-bond acceptors (Lipinski definition) is 5. The van der Waals surface area contributed by atoms with Gasteiger partial charge in [0.05, 0.1) is 10.5 Å². The summed E-state index contributed by atoms with van der Waals surface area (Å²) in [4.78, 5) is 25.3. The van der Waals surface area contributed by atoms with Gasteiger partial charge in [-0.2, -0.15) is 0 Å². The molecule has 0 spiro atoms. The summed E-state index contributed by atoms with van der Waals surface area (Å²) >= 11 is 0. The number of carbonyl (C=O) groups excluding carboxylic acids is 2. The van der Waals surface area contributed by atoms with Crippen molar-refractivity contribution in [2.75, 3.05) is 18.8 Å². The number of anilines is 1. The third-order valence-electron chi connectivity index (χ3n) is 3.72. The van der Waals surface area contributed by atoms with E-state index in [0.29, 0.717) is 5.69 Å². The highest BCUT2D eigenvalue weighted by Crippen LogP contribution is 2.18. The van der Waals surface area contributed by atoms with Gasteiger partial charge in [0.25, 0.3) is 15.9 Å². The maximum Gasteiger partial charge on any atom is 0.338 e. The molecule has 0 saturated heterocycles. The van der Waals surface area contributed by atoms with Crippen molar-refractivity contribution < 1.29 is 22.7 Å². The highest BCUT2D eigenvalue weighted by molar-refractivity contribution is 7.92. The van der Waals surface area contributed by atoms with Crippen LogP contribution in [0, 0.1) is 6.92 Å². The summed E-state index contributed by atoms with van der Waals surface area (Å²) in [6.45, 7) is 3.31. The third-order valence-corrected chi connectivity index (χ3v) is 5.10. The number of hydrogen-bond donors (Lipinski definition) is 1. The van der Waals surface area contributed by atoms with Crippen molar-refractivity contribution in [2.24, 2.45) is 0 Å². The summed E-state index contributed by atoms with van der Waals surface area (Å²) in [5.74, 6) is -1.14. The van der Waals surface area contributed by atoms with Crippen molar-refractivity contribution in [3.63, 3.8) is 0 Å². The molecule has 8 heteroatoms. The number of benzene rings is 2. The number of sulfonamides is 1. The molecule has 7 nitrogen and oxygen atoms in total. The first-order chi connectivity index (χ1) is 12.6. The molecule has 144 valence electrons. The topological polar surface area (TPSA) is 92.8 Å². The van der Waals surface area contributed by atoms with Crippen LogP contribution in [-0.2, 0) is 19.6 Å². The second-order valence-electron chi connectivity index (χ2n) is 6.28. The quantitative estimate of drug-likeness (QED) is 0.765. The van der Waals surface area contributed by atoms with E-state index >= 15 is 0 Å². The number of likely N-dealkylation sites (N-methyl/N-ethyl adjacent to an activating group) is 1. The molecule has 0 saturated carbocycles. The second-order valence-corrected chi connectivity index (χ2v) is 7.97. The first kappa shape index (κ1) is 20.4. The summed E-state index contributed by atoms with van der Waals surface area (Å²) in [5.41, 5.74) is 1.38. The number of aryl methyl sites for hydroxylation is 1. The highest BCUT2D eigenvalue weighted by atomic mass is 32.2. The molecule has 0 aliphatic heterocycles. The summed E-state index contributed by atoms with van der Waals surface area (Å²) in [6.07, 6.45) is -0.974. The molecule has 2 aromatic rings. The van der Waals surface area contributed by atoms with E-state index in [1.54, 1.807) is 32.3 Å². The molecule has 0 fully saturated rings. The van der Waals surface area contributed by atoms with Crippen molar-refractivity contribution in [1.29, 1.82) is 0 Å². The minimum atomic E-state index is -3.88. The number of nitrogens with one attached hydrogen (secondary N) is 1. The van der Waals surface area contributed by atoms with Crippen LogP contribution in [0.1, 0.15) is 22.8 Å². The fourth-order valence-electron chi connectivity index (χ4n) is 2.36. The van der Waals surface area contributed by atoms with Crippen molar-refractivity contribution in [1.82, 2.24) is 4.90 Å². The van der Waals surface area contributed by atoms with Gasteiger partial charge >= 0.3 is 5.97 Å². The number of carbonyl (C=O) groups is 2.